The van der Waals surface area contributed by atoms with Crippen molar-refractivity contribution in [2.75, 3.05) is 0 Å². The average Bonchev–Trinajstić information content (AvgIpc) is 3.09. The van der Waals surface area contributed by atoms with E-state index in [9.17, 15) is 8.42 Å². The Morgan fingerprint density at radius 3 is 2.59 bits per heavy atom. The molecule has 2 aromatic heterocycles. The fourth-order valence-electron chi connectivity index (χ4n) is 2.02. The number of pyridine rings is 1. The summed E-state index contributed by atoms with van der Waals surface area (Å²) >= 11 is 1.63. The lowest BCUT2D eigenvalue weighted by Gasteiger charge is -2.07. The van der Waals surface area contributed by atoms with E-state index in [-0.39, 0.29) is 11.4 Å². The molecule has 3 aromatic rings. The van der Waals surface area contributed by atoms with Crippen LogP contribution in [0.25, 0.3) is 10.4 Å². The lowest BCUT2D eigenvalue weighted by Crippen LogP contribution is -2.23. The Kier molecular flexibility index (Phi) is 4.33. The zero-order chi connectivity index (χ0) is 15.4. The monoisotopic (exact) mass is 330 g/mol. The maximum Gasteiger partial charge on any atom is 0.240 e. The summed E-state index contributed by atoms with van der Waals surface area (Å²) in [6.07, 6.45) is 3.45. The predicted octanol–water partition coefficient (Wildman–Crippen LogP) is 3.29. The predicted molar refractivity (Wildman–Crippen MR) is 88.0 cm³/mol. The lowest BCUT2D eigenvalue weighted by atomic mass is 10.2. The van der Waals surface area contributed by atoms with Gasteiger partial charge in [-0.25, -0.2) is 13.1 Å². The third kappa shape index (κ3) is 3.41. The smallest absolute Gasteiger partial charge is 0.240 e. The Balaban J connectivity index is 1.76. The molecule has 1 aromatic carbocycles. The van der Waals surface area contributed by atoms with Crippen molar-refractivity contribution in [2.24, 2.45) is 0 Å². The Labute approximate surface area is 133 Å². The van der Waals surface area contributed by atoms with Gasteiger partial charge in [0.15, 0.2) is 0 Å². The quantitative estimate of drug-likeness (QED) is 0.781. The molecular formula is C16H14N2O2S2. The molecule has 0 amide bonds. The first-order chi connectivity index (χ1) is 10.6. The van der Waals surface area contributed by atoms with Gasteiger partial charge in [0.05, 0.1) is 4.90 Å². The molecule has 0 fully saturated rings. The van der Waals surface area contributed by atoms with Crippen LogP contribution in [0.15, 0.2) is 71.2 Å². The SMILES string of the molecule is O=S(=O)(NCc1cncc(-c2cccs2)c1)c1ccccc1. The highest BCUT2D eigenvalue weighted by Gasteiger charge is 2.13. The Bertz CT molecular complexity index is 845. The molecule has 1 N–H and O–H groups in total. The van der Waals surface area contributed by atoms with Crippen LogP contribution in [-0.2, 0) is 16.6 Å². The van der Waals surface area contributed by atoms with E-state index in [0.29, 0.717) is 0 Å². The molecule has 2 heterocycles. The summed E-state index contributed by atoms with van der Waals surface area (Å²) in [7, 11) is -3.50. The summed E-state index contributed by atoms with van der Waals surface area (Å²) in [6, 6.07) is 14.3. The zero-order valence-electron chi connectivity index (χ0n) is 11.6. The molecule has 0 aliphatic rings. The van der Waals surface area contributed by atoms with Gasteiger partial charge in [0, 0.05) is 29.4 Å². The molecule has 0 spiro atoms. The van der Waals surface area contributed by atoms with Crippen LogP contribution in [0.5, 0.6) is 0 Å². The number of nitrogens with zero attached hydrogens (tertiary/aromatic N) is 1. The number of thiophene rings is 1. The van der Waals surface area contributed by atoms with Crippen LogP contribution in [0.3, 0.4) is 0 Å². The molecule has 22 heavy (non-hydrogen) atoms. The van der Waals surface area contributed by atoms with Crippen molar-refractivity contribution in [3.63, 3.8) is 0 Å². The molecule has 0 saturated carbocycles. The van der Waals surface area contributed by atoms with Crippen molar-refractivity contribution in [1.29, 1.82) is 0 Å². The van der Waals surface area contributed by atoms with Crippen molar-refractivity contribution in [1.82, 2.24) is 9.71 Å². The van der Waals surface area contributed by atoms with Crippen molar-refractivity contribution in [2.45, 2.75) is 11.4 Å². The highest BCUT2D eigenvalue weighted by molar-refractivity contribution is 7.89. The summed E-state index contributed by atoms with van der Waals surface area (Å²) in [6.45, 7) is 0.212. The third-order valence-corrected chi connectivity index (χ3v) is 5.46. The molecule has 0 unspecified atom stereocenters. The molecular weight excluding hydrogens is 316 g/mol. The van der Waals surface area contributed by atoms with Crippen LogP contribution >= 0.6 is 11.3 Å². The Hall–Kier alpha value is -2.02. The van der Waals surface area contributed by atoms with E-state index >= 15 is 0 Å². The largest absolute Gasteiger partial charge is 0.264 e. The van der Waals surface area contributed by atoms with Gasteiger partial charge in [-0.3, -0.25) is 4.98 Å². The van der Waals surface area contributed by atoms with Crippen LogP contribution in [0.4, 0.5) is 0 Å². The number of sulfonamides is 1. The first-order valence-corrected chi connectivity index (χ1v) is 9.04. The summed E-state index contributed by atoms with van der Waals surface area (Å²) in [5.41, 5.74) is 1.82. The summed E-state index contributed by atoms with van der Waals surface area (Å²) in [5.74, 6) is 0. The topological polar surface area (TPSA) is 59.1 Å². The molecule has 0 atom stereocenters. The van der Waals surface area contributed by atoms with Crippen molar-refractivity contribution in [3.05, 3.63) is 71.9 Å². The van der Waals surface area contributed by atoms with Crippen molar-refractivity contribution in [3.8, 4) is 10.4 Å². The second kappa shape index (κ2) is 6.39. The first kappa shape index (κ1) is 14.9. The molecule has 0 bridgehead atoms. The minimum atomic E-state index is -3.50. The van der Waals surface area contributed by atoms with Crippen molar-refractivity contribution >= 4 is 21.4 Å². The molecule has 0 saturated heterocycles. The fraction of sp³-hybridized carbons (Fsp3) is 0.0625. The molecule has 0 radical (unpaired) electrons. The number of hydrogen-bond acceptors (Lipinski definition) is 4. The minimum Gasteiger partial charge on any atom is -0.264 e. The second-order valence-electron chi connectivity index (χ2n) is 4.70. The van der Waals surface area contributed by atoms with E-state index in [2.05, 4.69) is 9.71 Å². The summed E-state index contributed by atoms with van der Waals surface area (Å²) < 4.78 is 27.0. The molecule has 6 heteroatoms. The van der Waals surface area contributed by atoms with Gasteiger partial charge in [-0.2, -0.15) is 0 Å². The summed E-state index contributed by atoms with van der Waals surface area (Å²) in [4.78, 5) is 5.56. The second-order valence-corrected chi connectivity index (χ2v) is 7.41. The normalized spacial score (nSPS) is 11.5. The molecule has 4 nitrogen and oxygen atoms in total. The van der Waals surface area contributed by atoms with Crippen LogP contribution in [0.2, 0.25) is 0 Å². The van der Waals surface area contributed by atoms with Gasteiger partial charge in [-0.05, 0) is 35.2 Å². The van der Waals surface area contributed by atoms with E-state index in [1.807, 2.05) is 23.6 Å². The van der Waals surface area contributed by atoms with Gasteiger partial charge in [-0.1, -0.05) is 24.3 Å². The van der Waals surface area contributed by atoms with Gasteiger partial charge >= 0.3 is 0 Å². The standard InChI is InChI=1S/C16H14N2O2S2/c19-22(20,15-5-2-1-3-6-15)18-11-13-9-14(12-17-10-13)16-7-4-8-21-16/h1-10,12,18H,11H2. The van der Waals surface area contributed by atoms with Gasteiger partial charge in [0.1, 0.15) is 0 Å². The van der Waals surface area contributed by atoms with Crippen LogP contribution in [0.1, 0.15) is 5.56 Å². The molecule has 0 aliphatic carbocycles. The molecule has 0 aliphatic heterocycles. The summed E-state index contributed by atoms with van der Waals surface area (Å²) in [5, 5.41) is 2.00. The van der Waals surface area contributed by atoms with E-state index in [1.54, 1.807) is 54.1 Å². The molecule has 3 rings (SSSR count). The maximum atomic E-state index is 12.2. The number of aromatic nitrogens is 1. The Morgan fingerprint density at radius 1 is 1.05 bits per heavy atom. The first-order valence-electron chi connectivity index (χ1n) is 6.68. The highest BCUT2D eigenvalue weighted by atomic mass is 32.2. The van der Waals surface area contributed by atoms with Gasteiger partial charge in [0.25, 0.3) is 0 Å². The maximum absolute atomic E-state index is 12.2. The lowest BCUT2D eigenvalue weighted by molar-refractivity contribution is 0.581. The van der Waals surface area contributed by atoms with E-state index in [0.717, 1.165) is 16.0 Å². The van der Waals surface area contributed by atoms with E-state index in [1.165, 1.54) is 0 Å². The number of hydrogen-bond donors (Lipinski definition) is 1. The fourth-order valence-corrected chi connectivity index (χ4v) is 3.77. The van der Waals surface area contributed by atoms with Gasteiger partial charge < -0.3 is 0 Å². The zero-order valence-corrected chi connectivity index (χ0v) is 13.3. The van der Waals surface area contributed by atoms with Crippen LogP contribution in [0, 0.1) is 0 Å². The minimum absolute atomic E-state index is 0.212. The van der Waals surface area contributed by atoms with Crippen molar-refractivity contribution < 1.29 is 8.42 Å². The third-order valence-electron chi connectivity index (χ3n) is 3.12. The molecule has 112 valence electrons. The van der Waals surface area contributed by atoms with E-state index < -0.39 is 10.0 Å². The average molecular weight is 330 g/mol. The van der Waals surface area contributed by atoms with Gasteiger partial charge in [0.2, 0.25) is 10.0 Å². The number of rotatable bonds is 5. The van der Waals surface area contributed by atoms with E-state index in [4.69, 9.17) is 0 Å². The number of benzene rings is 1. The van der Waals surface area contributed by atoms with Crippen LogP contribution < -0.4 is 4.72 Å². The van der Waals surface area contributed by atoms with Crippen LogP contribution in [-0.4, -0.2) is 13.4 Å². The number of nitrogens with one attached hydrogen (secondary N) is 1. The highest BCUT2D eigenvalue weighted by Crippen LogP contribution is 2.24. The Morgan fingerprint density at radius 2 is 1.86 bits per heavy atom. The van der Waals surface area contributed by atoms with Gasteiger partial charge in [-0.15, -0.1) is 11.3 Å².